The summed E-state index contributed by atoms with van der Waals surface area (Å²) in [6, 6.07) is 8.41. The molecule has 4 rings (SSSR count). The predicted octanol–water partition coefficient (Wildman–Crippen LogP) is 4.59. The Hall–Kier alpha value is -2.65. The van der Waals surface area contributed by atoms with E-state index in [-0.39, 0.29) is 17.7 Å². The van der Waals surface area contributed by atoms with Gasteiger partial charge < -0.3 is 18.9 Å². The molecule has 204 valence electrons. The molecule has 2 aromatic carbocycles. The molecule has 1 aromatic heterocycles. The summed E-state index contributed by atoms with van der Waals surface area (Å²) >= 11 is 5.70. The van der Waals surface area contributed by atoms with Gasteiger partial charge in [0.15, 0.2) is 4.80 Å². The van der Waals surface area contributed by atoms with E-state index in [0.29, 0.717) is 38.7 Å². The molecule has 8 nitrogen and oxygen atoms in total. The van der Waals surface area contributed by atoms with Gasteiger partial charge in [-0.15, -0.1) is 0 Å². The molecule has 11 heteroatoms. The molecule has 1 aliphatic heterocycles. The Morgan fingerprint density at radius 1 is 1.18 bits per heavy atom. The van der Waals surface area contributed by atoms with Crippen molar-refractivity contribution in [3.8, 4) is 17.2 Å². The van der Waals surface area contributed by atoms with Crippen molar-refractivity contribution in [1.29, 1.82) is 0 Å². The minimum absolute atomic E-state index is 0.191. The van der Waals surface area contributed by atoms with Crippen molar-refractivity contribution < 1.29 is 23.7 Å². The lowest BCUT2D eigenvalue weighted by atomic mass is 9.95. The first-order valence-corrected chi connectivity index (χ1v) is 14.9. The second kappa shape index (κ2) is 12.7. The molecule has 1 aliphatic rings. The molecule has 0 N–H and O–H groups in total. The van der Waals surface area contributed by atoms with Gasteiger partial charge in [-0.25, -0.2) is 9.79 Å². The average molecular weight is 772 g/mol. The smallest absolute Gasteiger partial charge is 0.338 e. The predicted molar refractivity (Wildman–Crippen MR) is 168 cm³/mol. The van der Waals surface area contributed by atoms with Gasteiger partial charge in [0.25, 0.3) is 5.56 Å². The van der Waals surface area contributed by atoms with Gasteiger partial charge in [-0.2, -0.15) is 0 Å². The molecular formula is C28H26I2N2O6S. The molecule has 39 heavy (non-hydrogen) atoms. The lowest BCUT2D eigenvalue weighted by Crippen LogP contribution is -2.40. The van der Waals surface area contributed by atoms with E-state index < -0.39 is 12.0 Å². The molecular weight excluding hydrogens is 746 g/mol. The molecule has 0 spiro atoms. The Bertz CT molecular complexity index is 1630. The number of carbonyl (C=O) groups is 1. The number of aromatic nitrogens is 1. The fraction of sp³-hybridized carbons (Fsp3) is 0.250. The number of carbonyl (C=O) groups excluding carboxylic acids is 1. The van der Waals surface area contributed by atoms with Crippen LogP contribution in [-0.4, -0.2) is 38.0 Å². The summed E-state index contributed by atoms with van der Waals surface area (Å²) < 4.78 is 26.0. The fourth-order valence-corrected chi connectivity index (χ4v) is 7.40. The van der Waals surface area contributed by atoms with Crippen LogP contribution < -0.4 is 29.1 Å². The van der Waals surface area contributed by atoms with Crippen LogP contribution in [0.4, 0.5) is 0 Å². The Morgan fingerprint density at radius 2 is 1.90 bits per heavy atom. The zero-order chi connectivity index (χ0) is 28.3. The number of benzene rings is 2. The first-order chi connectivity index (χ1) is 18.7. The van der Waals surface area contributed by atoms with E-state index in [2.05, 4.69) is 56.8 Å². The molecule has 0 fully saturated rings. The van der Waals surface area contributed by atoms with Crippen LogP contribution in [0.2, 0.25) is 0 Å². The summed E-state index contributed by atoms with van der Waals surface area (Å²) in [5.74, 6) is 1.31. The Labute approximate surface area is 256 Å². The van der Waals surface area contributed by atoms with Gasteiger partial charge in [-0.3, -0.25) is 9.36 Å². The van der Waals surface area contributed by atoms with Crippen molar-refractivity contribution in [1.82, 2.24) is 4.57 Å². The Morgan fingerprint density at radius 3 is 2.51 bits per heavy atom. The third-order valence-corrected chi connectivity index (χ3v) is 8.50. The van der Waals surface area contributed by atoms with Gasteiger partial charge in [-0.05, 0) is 94.9 Å². The van der Waals surface area contributed by atoms with Crippen LogP contribution in [0.1, 0.15) is 31.0 Å². The van der Waals surface area contributed by atoms with Crippen LogP contribution in [0.5, 0.6) is 17.2 Å². The maximum Gasteiger partial charge on any atom is 0.338 e. The second-order valence-electron chi connectivity index (χ2n) is 8.32. The normalized spacial score (nSPS) is 14.9. The zero-order valence-electron chi connectivity index (χ0n) is 21.7. The van der Waals surface area contributed by atoms with Crippen molar-refractivity contribution in [3.05, 3.63) is 92.2 Å². The molecule has 0 saturated heterocycles. The topological polar surface area (TPSA) is 88.3 Å². The van der Waals surface area contributed by atoms with Gasteiger partial charge >= 0.3 is 5.97 Å². The average Bonchev–Trinajstić information content (AvgIpc) is 3.21. The SMILES string of the molecule is C=CCOc1c(I)cc(/C=c2\sc3n(c2=O)[C@@H](c2ccc(OC)cc2OC)C(C(=O)OCC)=C(C)N=3)cc1I. The zero-order valence-corrected chi connectivity index (χ0v) is 26.9. The quantitative estimate of drug-likeness (QED) is 0.180. The summed E-state index contributed by atoms with van der Waals surface area (Å²) in [6.45, 7) is 7.78. The summed E-state index contributed by atoms with van der Waals surface area (Å²) in [4.78, 5) is 32.2. The number of ether oxygens (including phenoxy) is 4. The van der Waals surface area contributed by atoms with Gasteiger partial charge in [0.2, 0.25) is 0 Å². The van der Waals surface area contributed by atoms with Crippen LogP contribution in [0.25, 0.3) is 6.08 Å². The number of allylic oxidation sites excluding steroid dienone is 1. The monoisotopic (exact) mass is 772 g/mol. The van der Waals surface area contributed by atoms with E-state index in [4.69, 9.17) is 18.9 Å². The maximum absolute atomic E-state index is 13.9. The fourth-order valence-electron chi connectivity index (χ4n) is 4.22. The Balaban J connectivity index is 1.94. The van der Waals surface area contributed by atoms with E-state index in [1.165, 1.54) is 23.0 Å². The molecule has 0 radical (unpaired) electrons. The van der Waals surface area contributed by atoms with E-state index >= 15 is 0 Å². The van der Waals surface area contributed by atoms with Crippen LogP contribution in [0.15, 0.2) is 64.0 Å². The summed E-state index contributed by atoms with van der Waals surface area (Å²) in [5, 5.41) is 0. The molecule has 0 bridgehead atoms. The lowest BCUT2D eigenvalue weighted by Gasteiger charge is -2.26. The number of halogens is 2. The van der Waals surface area contributed by atoms with Crippen molar-refractivity contribution >= 4 is 68.6 Å². The number of hydrogen-bond donors (Lipinski definition) is 0. The van der Waals surface area contributed by atoms with E-state index in [1.54, 1.807) is 45.2 Å². The van der Waals surface area contributed by atoms with Crippen LogP contribution >= 0.6 is 56.5 Å². The Kier molecular flexibility index (Phi) is 9.54. The van der Waals surface area contributed by atoms with Crippen molar-refractivity contribution in [2.75, 3.05) is 27.4 Å². The number of fused-ring (bicyclic) bond motifs is 1. The highest BCUT2D eigenvalue weighted by atomic mass is 127. The van der Waals surface area contributed by atoms with Crippen LogP contribution in [0, 0.1) is 7.14 Å². The molecule has 1 atom stereocenters. The number of nitrogens with zero attached hydrogens (tertiary/aromatic N) is 2. The molecule has 0 aliphatic carbocycles. The van der Waals surface area contributed by atoms with Gasteiger partial charge in [0, 0.05) is 11.6 Å². The number of hydrogen-bond acceptors (Lipinski definition) is 8. The number of rotatable bonds is 9. The number of methoxy groups -OCH3 is 2. The van der Waals surface area contributed by atoms with Crippen LogP contribution in [0.3, 0.4) is 0 Å². The largest absolute Gasteiger partial charge is 0.497 e. The standard InChI is InChI=1S/C28H26I2N2O6S/c1-6-10-38-25-19(29)11-16(12-20(25)30)13-22-26(33)32-24(18-9-8-17(35-4)14-21(18)36-5)23(27(34)37-7-2)15(3)31-28(32)39-22/h6,8-9,11-14,24H,1,7,10H2,2-5H3/b22-13-/t24-/m0/s1. The second-order valence-corrected chi connectivity index (χ2v) is 11.7. The third-order valence-electron chi connectivity index (χ3n) is 5.92. The first-order valence-electron chi connectivity index (χ1n) is 11.9. The summed E-state index contributed by atoms with van der Waals surface area (Å²) in [5.41, 5.74) is 1.97. The van der Waals surface area contributed by atoms with Gasteiger partial charge in [0.1, 0.15) is 29.9 Å². The molecule has 0 saturated carbocycles. The molecule has 2 heterocycles. The highest BCUT2D eigenvalue weighted by Gasteiger charge is 2.35. The van der Waals surface area contributed by atoms with Crippen molar-refractivity contribution in [2.24, 2.45) is 4.99 Å². The third kappa shape index (κ3) is 5.94. The molecule has 0 unspecified atom stereocenters. The van der Waals surface area contributed by atoms with Crippen LogP contribution in [-0.2, 0) is 9.53 Å². The van der Waals surface area contributed by atoms with Gasteiger partial charge in [0.05, 0.1) is 43.8 Å². The minimum Gasteiger partial charge on any atom is -0.497 e. The van der Waals surface area contributed by atoms with Crippen molar-refractivity contribution in [3.63, 3.8) is 0 Å². The number of thiazole rings is 1. The highest BCUT2D eigenvalue weighted by Crippen LogP contribution is 2.37. The van der Waals surface area contributed by atoms with E-state index in [1.807, 2.05) is 18.2 Å². The highest BCUT2D eigenvalue weighted by molar-refractivity contribution is 14.1. The summed E-state index contributed by atoms with van der Waals surface area (Å²) in [7, 11) is 3.10. The van der Waals surface area contributed by atoms with Gasteiger partial charge in [-0.1, -0.05) is 24.0 Å². The lowest BCUT2D eigenvalue weighted by molar-refractivity contribution is -0.139. The summed E-state index contributed by atoms with van der Waals surface area (Å²) in [6.07, 6.45) is 3.53. The molecule has 0 amide bonds. The van der Waals surface area contributed by atoms with E-state index in [0.717, 1.165) is 18.5 Å². The van der Waals surface area contributed by atoms with E-state index in [9.17, 15) is 9.59 Å². The maximum atomic E-state index is 13.9. The molecule has 3 aromatic rings. The van der Waals surface area contributed by atoms with Crippen molar-refractivity contribution in [2.45, 2.75) is 19.9 Å². The number of esters is 1. The minimum atomic E-state index is -0.793. The first kappa shape index (κ1) is 29.3.